The van der Waals surface area contributed by atoms with Gasteiger partial charge in [0.05, 0.1) is 5.92 Å². The van der Waals surface area contributed by atoms with E-state index in [0.717, 1.165) is 18.4 Å². The van der Waals surface area contributed by atoms with Gasteiger partial charge in [-0.2, -0.15) is 0 Å². The molecule has 0 aliphatic heterocycles. The van der Waals surface area contributed by atoms with Crippen LogP contribution in [0.5, 0.6) is 0 Å². The van der Waals surface area contributed by atoms with Crippen molar-refractivity contribution in [1.82, 2.24) is 9.88 Å². The third-order valence-electron chi connectivity index (χ3n) is 3.29. The molecule has 0 saturated heterocycles. The van der Waals surface area contributed by atoms with Crippen molar-refractivity contribution in [2.24, 2.45) is 5.92 Å². The number of carbonyl (C=O) groups is 2. The predicted octanol–water partition coefficient (Wildman–Crippen LogP) is 1.81. The van der Waals surface area contributed by atoms with Crippen LogP contribution < -0.4 is 0 Å². The fraction of sp³-hybridized carbons (Fsp3) is 0.400. The molecule has 1 aromatic heterocycles. The predicted molar refractivity (Wildman–Crippen MR) is 74.8 cm³/mol. The minimum absolute atomic E-state index is 0.127. The molecule has 1 saturated carbocycles. The Labute approximate surface area is 117 Å². The van der Waals surface area contributed by atoms with E-state index in [1.165, 1.54) is 6.08 Å². The van der Waals surface area contributed by atoms with Crippen LogP contribution in [-0.4, -0.2) is 39.5 Å². The van der Waals surface area contributed by atoms with Crippen LogP contribution in [0.3, 0.4) is 0 Å². The molecule has 2 rings (SSSR count). The van der Waals surface area contributed by atoms with Gasteiger partial charge in [-0.3, -0.25) is 14.6 Å². The van der Waals surface area contributed by atoms with Crippen molar-refractivity contribution in [2.75, 3.05) is 6.54 Å². The van der Waals surface area contributed by atoms with Gasteiger partial charge >= 0.3 is 5.97 Å². The van der Waals surface area contributed by atoms with E-state index in [4.69, 9.17) is 5.11 Å². The number of aromatic nitrogens is 1. The minimum Gasteiger partial charge on any atom is -0.481 e. The topological polar surface area (TPSA) is 70.5 Å². The largest absolute Gasteiger partial charge is 0.481 e. The van der Waals surface area contributed by atoms with Crippen LogP contribution >= 0.6 is 0 Å². The number of rotatable bonds is 6. The molecule has 1 N–H and O–H groups in total. The Hall–Kier alpha value is -2.17. The van der Waals surface area contributed by atoms with E-state index >= 15 is 0 Å². The van der Waals surface area contributed by atoms with Gasteiger partial charge in [-0.05, 0) is 36.6 Å². The Morgan fingerprint density at radius 1 is 1.45 bits per heavy atom. The lowest BCUT2D eigenvalue weighted by Crippen LogP contribution is -2.37. The molecular weight excluding hydrogens is 256 g/mol. The lowest BCUT2D eigenvalue weighted by molar-refractivity contribution is -0.142. The smallest absolute Gasteiger partial charge is 0.308 e. The zero-order valence-corrected chi connectivity index (χ0v) is 11.4. The first-order chi connectivity index (χ1) is 9.58. The second-order valence-electron chi connectivity index (χ2n) is 5.07. The van der Waals surface area contributed by atoms with E-state index in [1.54, 1.807) is 30.3 Å². The van der Waals surface area contributed by atoms with E-state index < -0.39 is 11.9 Å². The Morgan fingerprint density at radius 2 is 2.10 bits per heavy atom. The highest BCUT2D eigenvalue weighted by molar-refractivity contribution is 5.92. The first kappa shape index (κ1) is 14.2. The number of pyridine rings is 1. The number of carboxylic acid groups (broad SMARTS) is 1. The first-order valence-corrected chi connectivity index (χ1v) is 6.69. The average molecular weight is 274 g/mol. The molecule has 20 heavy (non-hydrogen) atoms. The minimum atomic E-state index is -0.874. The summed E-state index contributed by atoms with van der Waals surface area (Å²) >= 11 is 0. The summed E-state index contributed by atoms with van der Waals surface area (Å²) in [6, 6.07) is 3.82. The van der Waals surface area contributed by atoms with Crippen molar-refractivity contribution in [1.29, 1.82) is 0 Å². The quantitative estimate of drug-likeness (QED) is 0.803. The van der Waals surface area contributed by atoms with Gasteiger partial charge in [0, 0.05) is 31.1 Å². The van der Waals surface area contributed by atoms with Crippen LogP contribution in [-0.2, 0) is 9.59 Å². The van der Waals surface area contributed by atoms with Crippen molar-refractivity contribution >= 4 is 18.0 Å². The number of aliphatic carboxylic acids is 1. The maximum atomic E-state index is 12.2. The molecule has 0 spiro atoms. The summed E-state index contributed by atoms with van der Waals surface area (Å²) in [6.45, 7) is 1.89. The molecule has 0 unspecified atom stereocenters. The number of nitrogens with zero attached hydrogens (tertiary/aromatic N) is 2. The highest BCUT2D eigenvalue weighted by Crippen LogP contribution is 2.28. The van der Waals surface area contributed by atoms with Crippen molar-refractivity contribution < 1.29 is 14.7 Å². The maximum Gasteiger partial charge on any atom is 0.308 e. The van der Waals surface area contributed by atoms with Gasteiger partial charge in [-0.15, -0.1) is 0 Å². The normalized spacial score (nSPS) is 16.1. The first-order valence-electron chi connectivity index (χ1n) is 6.69. The Kier molecular flexibility index (Phi) is 4.50. The van der Waals surface area contributed by atoms with Crippen LogP contribution in [0.25, 0.3) is 6.08 Å². The molecule has 0 radical (unpaired) electrons. The zero-order chi connectivity index (χ0) is 14.5. The van der Waals surface area contributed by atoms with E-state index in [-0.39, 0.29) is 18.5 Å². The van der Waals surface area contributed by atoms with E-state index in [0.29, 0.717) is 0 Å². The van der Waals surface area contributed by atoms with Gasteiger partial charge in [0.15, 0.2) is 0 Å². The summed E-state index contributed by atoms with van der Waals surface area (Å²) in [5.41, 5.74) is 0.898. The fourth-order valence-corrected chi connectivity index (χ4v) is 1.92. The number of carboxylic acids is 1. The van der Waals surface area contributed by atoms with E-state index in [1.807, 2.05) is 12.1 Å². The molecule has 1 aromatic rings. The number of amides is 1. The van der Waals surface area contributed by atoms with E-state index in [9.17, 15) is 9.59 Å². The fourth-order valence-electron chi connectivity index (χ4n) is 1.92. The van der Waals surface area contributed by atoms with Crippen LogP contribution in [0.1, 0.15) is 25.3 Å². The number of carbonyl (C=O) groups excluding carboxylic acids is 1. The van der Waals surface area contributed by atoms with Gasteiger partial charge in [0.25, 0.3) is 0 Å². The van der Waals surface area contributed by atoms with Crippen LogP contribution in [0.4, 0.5) is 0 Å². The highest BCUT2D eigenvalue weighted by atomic mass is 16.4. The average Bonchev–Trinajstić information content (AvgIpc) is 3.27. The summed E-state index contributed by atoms with van der Waals surface area (Å²) in [7, 11) is 0. The van der Waals surface area contributed by atoms with Gasteiger partial charge in [0.2, 0.25) is 5.91 Å². The van der Waals surface area contributed by atoms with Crippen molar-refractivity contribution in [2.45, 2.75) is 25.8 Å². The lowest BCUT2D eigenvalue weighted by Gasteiger charge is -2.22. The zero-order valence-electron chi connectivity index (χ0n) is 11.4. The third-order valence-corrected chi connectivity index (χ3v) is 3.29. The van der Waals surface area contributed by atoms with Crippen molar-refractivity contribution in [3.8, 4) is 0 Å². The standard InChI is InChI=1S/C15H18N2O3/c1-11(15(19)20)10-17(13-3-4-13)14(18)5-2-12-6-8-16-9-7-12/h2,5-9,11,13H,3-4,10H2,1H3,(H,19,20)/b5-2+/t11-/m1/s1. The molecule has 106 valence electrons. The molecule has 5 heteroatoms. The molecule has 1 fully saturated rings. The molecule has 0 bridgehead atoms. The number of hydrogen-bond donors (Lipinski definition) is 1. The molecule has 5 nitrogen and oxygen atoms in total. The van der Waals surface area contributed by atoms with Crippen molar-refractivity contribution in [3.63, 3.8) is 0 Å². The molecular formula is C15H18N2O3. The Bertz CT molecular complexity index is 509. The number of hydrogen-bond acceptors (Lipinski definition) is 3. The Morgan fingerprint density at radius 3 is 2.65 bits per heavy atom. The second kappa shape index (κ2) is 6.32. The molecule has 1 heterocycles. The SMILES string of the molecule is C[C@H](CN(C(=O)/C=C/c1ccncc1)C1CC1)C(=O)O. The summed E-state index contributed by atoms with van der Waals surface area (Å²) in [5.74, 6) is -1.55. The highest BCUT2D eigenvalue weighted by Gasteiger charge is 2.33. The molecule has 1 aliphatic rings. The summed E-state index contributed by atoms with van der Waals surface area (Å²) in [4.78, 5) is 28.7. The van der Waals surface area contributed by atoms with Crippen LogP contribution in [0.15, 0.2) is 30.6 Å². The van der Waals surface area contributed by atoms with E-state index in [2.05, 4.69) is 4.98 Å². The molecule has 1 aliphatic carbocycles. The summed E-state index contributed by atoms with van der Waals surface area (Å²) in [5, 5.41) is 8.96. The molecule has 1 atom stereocenters. The lowest BCUT2D eigenvalue weighted by atomic mass is 10.1. The summed E-state index contributed by atoms with van der Waals surface area (Å²) in [6.07, 6.45) is 8.47. The molecule has 0 aromatic carbocycles. The van der Waals surface area contributed by atoms with Crippen LogP contribution in [0, 0.1) is 5.92 Å². The monoisotopic (exact) mass is 274 g/mol. The van der Waals surface area contributed by atoms with Gasteiger partial charge < -0.3 is 10.0 Å². The third kappa shape index (κ3) is 3.91. The van der Waals surface area contributed by atoms with Crippen molar-refractivity contribution in [3.05, 3.63) is 36.2 Å². The second-order valence-corrected chi connectivity index (χ2v) is 5.07. The van der Waals surface area contributed by atoms with Gasteiger partial charge in [-0.1, -0.05) is 6.92 Å². The van der Waals surface area contributed by atoms with Gasteiger partial charge in [-0.25, -0.2) is 0 Å². The maximum absolute atomic E-state index is 12.2. The Balaban J connectivity index is 2.00. The summed E-state index contributed by atoms with van der Waals surface area (Å²) < 4.78 is 0. The van der Waals surface area contributed by atoms with Gasteiger partial charge in [0.1, 0.15) is 0 Å². The van der Waals surface area contributed by atoms with Crippen LogP contribution in [0.2, 0.25) is 0 Å². The molecule has 1 amide bonds.